The van der Waals surface area contributed by atoms with Gasteiger partial charge in [-0.3, -0.25) is 0 Å². The van der Waals surface area contributed by atoms with Gasteiger partial charge in [-0.2, -0.15) is 11.3 Å². The molecule has 0 aliphatic heterocycles. The Morgan fingerprint density at radius 1 is 0.804 bits per heavy atom. The Morgan fingerprint density at radius 3 is 2.18 bits per heavy atom. The summed E-state index contributed by atoms with van der Waals surface area (Å²) in [6.45, 7) is 10.4. The van der Waals surface area contributed by atoms with E-state index in [9.17, 15) is 0 Å². The van der Waals surface area contributed by atoms with Crippen LogP contribution in [0.15, 0.2) is 97.3 Å². The van der Waals surface area contributed by atoms with Crippen molar-refractivity contribution in [1.82, 2.24) is 9.97 Å². The second-order valence-electron chi connectivity index (χ2n) is 14.7. The smallest absolute Gasteiger partial charge is 0 e. The van der Waals surface area contributed by atoms with Crippen LogP contribution in [0.5, 0.6) is 0 Å². The van der Waals surface area contributed by atoms with Crippen LogP contribution < -0.4 is 4.40 Å². The van der Waals surface area contributed by atoms with Crippen molar-refractivity contribution in [2.45, 2.75) is 77.5 Å². The van der Waals surface area contributed by atoms with Crippen LogP contribution in [0.1, 0.15) is 72.8 Å². The van der Waals surface area contributed by atoms with Crippen LogP contribution in [0.3, 0.4) is 0 Å². The van der Waals surface area contributed by atoms with Crippen molar-refractivity contribution < 1.29 is 25.6 Å². The van der Waals surface area contributed by atoms with E-state index >= 15 is 0 Å². The molecule has 2 nitrogen and oxygen atoms in total. The zero-order chi connectivity index (χ0) is 39.2. The SMILES string of the molecule is Cc1cccc(C)c1-c1cccc2c1sc1c[c-]c(-c3cc(C(C)C)ccn3)cc12.[2H]C([2H])([2H])c1c[c-]c(-c2nc[c]([Ge]([CH3])([CH3])[CH3])cc2C([2H])(C)C)cc1.[Ir]. The van der Waals surface area contributed by atoms with E-state index in [0.29, 0.717) is 11.6 Å². The molecule has 0 unspecified atom stereocenters. The van der Waals surface area contributed by atoms with Crippen molar-refractivity contribution in [3.63, 3.8) is 0 Å². The molecule has 0 saturated carbocycles. The van der Waals surface area contributed by atoms with Gasteiger partial charge in [0.2, 0.25) is 0 Å². The average Bonchev–Trinajstić information content (AvgIpc) is 3.49. The van der Waals surface area contributed by atoms with Gasteiger partial charge in [0.1, 0.15) is 0 Å². The summed E-state index contributed by atoms with van der Waals surface area (Å²) in [5.74, 6) is 6.60. The second-order valence-corrected chi connectivity index (χ2v) is 26.4. The van der Waals surface area contributed by atoms with Crippen molar-refractivity contribution in [3.8, 4) is 33.6 Å². The number of hydrogen-bond donors (Lipinski definition) is 0. The van der Waals surface area contributed by atoms with Gasteiger partial charge in [0, 0.05) is 31.0 Å². The largest absolute Gasteiger partial charge is 0 e. The van der Waals surface area contributed by atoms with Crippen molar-refractivity contribution in [3.05, 3.63) is 137 Å². The van der Waals surface area contributed by atoms with Gasteiger partial charge >= 0.3 is 131 Å². The quantitative estimate of drug-likeness (QED) is 0.123. The van der Waals surface area contributed by atoms with Crippen LogP contribution in [-0.2, 0) is 20.1 Å². The fraction of sp³-hybridized carbons (Fsp3) is 0.261. The summed E-state index contributed by atoms with van der Waals surface area (Å²) in [4.78, 5) is 9.25. The summed E-state index contributed by atoms with van der Waals surface area (Å²) >= 11 is -0.188. The fourth-order valence-corrected chi connectivity index (χ4v) is 9.67. The molecule has 0 bridgehead atoms. The Morgan fingerprint density at radius 2 is 1.53 bits per heavy atom. The molecule has 4 aromatic carbocycles. The van der Waals surface area contributed by atoms with Gasteiger partial charge in [0.15, 0.2) is 0 Å². The molecule has 0 fully saturated rings. The first-order valence-corrected chi connectivity index (χ1v) is 25.4. The Balaban J connectivity index is 0.000000213. The zero-order valence-electron chi connectivity index (χ0n) is 35.0. The van der Waals surface area contributed by atoms with Gasteiger partial charge in [-0.05, 0) is 63.9 Å². The van der Waals surface area contributed by atoms with E-state index in [0.717, 1.165) is 22.4 Å². The van der Waals surface area contributed by atoms with Gasteiger partial charge in [0.25, 0.3) is 0 Å². The van der Waals surface area contributed by atoms with Crippen LogP contribution in [-0.4, -0.2) is 23.2 Å². The molecule has 0 N–H and O–H groups in total. The number of nitrogens with zero attached hydrogens (tertiary/aromatic N) is 2. The molecule has 51 heavy (non-hydrogen) atoms. The van der Waals surface area contributed by atoms with Gasteiger partial charge in [-0.15, -0.1) is 23.8 Å². The maximum Gasteiger partial charge on any atom is 0 e. The van der Waals surface area contributed by atoms with Gasteiger partial charge in [-0.1, -0.05) is 67.3 Å². The third-order valence-electron chi connectivity index (χ3n) is 9.27. The predicted molar refractivity (Wildman–Crippen MR) is 221 cm³/mol. The van der Waals surface area contributed by atoms with E-state index in [1.54, 1.807) is 12.1 Å². The predicted octanol–water partition coefficient (Wildman–Crippen LogP) is 12.8. The van der Waals surface area contributed by atoms with E-state index < -0.39 is 26.0 Å². The molecule has 7 aromatic rings. The third-order valence-corrected chi connectivity index (χ3v) is 14.7. The van der Waals surface area contributed by atoms with E-state index in [-0.39, 0.29) is 25.7 Å². The van der Waals surface area contributed by atoms with Crippen LogP contribution in [0.25, 0.3) is 53.8 Å². The summed E-state index contributed by atoms with van der Waals surface area (Å²) < 4.78 is 34.7. The Hall–Kier alpha value is -3.41. The summed E-state index contributed by atoms with van der Waals surface area (Å²) in [7, 11) is 0. The molecule has 1 radical (unpaired) electrons. The Labute approximate surface area is 331 Å². The number of rotatable bonds is 6. The van der Waals surface area contributed by atoms with Crippen molar-refractivity contribution in [2.75, 3.05) is 0 Å². The number of fused-ring (bicyclic) bond motifs is 3. The molecule has 0 amide bonds. The first-order valence-electron chi connectivity index (χ1n) is 19.3. The summed E-state index contributed by atoms with van der Waals surface area (Å²) in [5, 5.41) is 2.60. The zero-order valence-corrected chi connectivity index (χ0v) is 36.3. The molecule has 5 heteroatoms. The number of aromatic nitrogens is 2. The van der Waals surface area contributed by atoms with E-state index in [4.69, 9.17) is 5.48 Å². The monoisotopic (exact) mass is 931 g/mol. The topological polar surface area (TPSA) is 25.8 Å². The average molecular weight is 930 g/mol. The van der Waals surface area contributed by atoms with Crippen LogP contribution in [0.4, 0.5) is 0 Å². The molecule has 3 aromatic heterocycles. The van der Waals surface area contributed by atoms with Gasteiger partial charge in [-0.25, -0.2) is 0 Å². The maximum absolute atomic E-state index is 8.48. The standard InChI is InChI=1S/C28H24NS.C18H24GeN.Ir/c1-17(2)20-13-14-29-25(16-20)21-11-12-26-24(15-21)22-9-6-10-23(28(22)30-26)27-18(3)7-5-8-19(27)4;1-13(2)17-11-16(19(4,5)6)12-20-18(17)15-9-7-14(3)8-10-15;/h5-10,12-17H,1-4H3;7-9,11-13H,1-6H3;/q2*-1;/i;3D3,13D;. The summed E-state index contributed by atoms with van der Waals surface area (Å²) in [6.07, 6.45) is 3.82. The van der Waals surface area contributed by atoms with Crippen molar-refractivity contribution >= 4 is 49.2 Å². The van der Waals surface area contributed by atoms with E-state index in [1.165, 1.54) is 58.5 Å². The van der Waals surface area contributed by atoms with Crippen LogP contribution in [0.2, 0.25) is 17.3 Å². The molecule has 263 valence electrons. The molecular formula is C46H48GeIrN2S-2. The Bertz CT molecular complexity index is 2440. The molecule has 3 heterocycles. The van der Waals surface area contributed by atoms with Crippen molar-refractivity contribution in [2.24, 2.45) is 0 Å². The number of pyridine rings is 2. The fourth-order valence-electron chi connectivity index (χ4n) is 6.32. The maximum atomic E-state index is 8.48. The summed E-state index contributed by atoms with van der Waals surface area (Å²) in [6, 6.07) is 35.4. The molecule has 0 spiro atoms. The number of thiophene rings is 1. The first kappa shape index (κ1) is 33.4. The van der Waals surface area contributed by atoms with Gasteiger partial charge in [0.05, 0.1) is 0 Å². The number of benzene rings is 4. The minimum Gasteiger partial charge on any atom is 0 e. The second kappa shape index (κ2) is 16.1. The number of aryl methyl sites for hydroxylation is 3. The molecule has 0 atom stereocenters. The molecule has 7 rings (SSSR count). The Kier molecular flexibility index (Phi) is 10.5. The summed E-state index contributed by atoms with van der Waals surface area (Å²) in [5.41, 5.74) is 11.2. The van der Waals surface area contributed by atoms with Gasteiger partial charge < -0.3 is 4.98 Å². The molecular weight excluding hydrogens is 877 g/mol. The minimum absolute atomic E-state index is 0. The molecule has 0 aliphatic carbocycles. The molecule has 0 saturated heterocycles. The van der Waals surface area contributed by atoms with E-state index in [2.05, 4.69) is 134 Å². The van der Waals surface area contributed by atoms with E-state index in [1.807, 2.05) is 37.6 Å². The normalized spacial score (nSPS) is 13.1. The third kappa shape index (κ3) is 8.47. The number of hydrogen-bond acceptors (Lipinski definition) is 3. The first-order chi connectivity index (χ1) is 25.3. The van der Waals surface area contributed by atoms with Crippen LogP contribution >= 0.6 is 11.3 Å². The molecule has 0 aliphatic rings. The van der Waals surface area contributed by atoms with Crippen molar-refractivity contribution in [1.29, 1.82) is 0 Å². The minimum atomic E-state index is -2.14. The van der Waals surface area contributed by atoms with Crippen LogP contribution in [0, 0.1) is 32.8 Å².